The summed E-state index contributed by atoms with van der Waals surface area (Å²) in [6.07, 6.45) is 2.77. The van der Waals surface area contributed by atoms with Gasteiger partial charge in [-0.15, -0.1) is 11.3 Å². The number of nitrogens with one attached hydrogen (secondary N) is 1. The molecule has 1 N–H and O–H groups in total. The number of piperidine rings is 1. The molecule has 3 rings (SSSR count). The Labute approximate surface area is 101 Å². The van der Waals surface area contributed by atoms with Crippen molar-refractivity contribution in [3.63, 3.8) is 0 Å². The molecule has 2 atom stereocenters. The highest BCUT2D eigenvalue weighted by Crippen LogP contribution is 2.27. The molecule has 0 unspecified atom stereocenters. The van der Waals surface area contributed by atoms with Gasteiger partial charge in [0.05, 0.1) is 11.2 Å². The van der Waals surface area contributed by atoms with Crippen molar-refractivity contribution in [1.82, 2.24) is 15.2 Å². The number of hydrogen-bond donors (Lipinski definition) is 1. The van der Waals surface area contributed by atoms with Crippen LogP contribution in [0.15, 0.2) is 5.51 Å². The van der Waals surface area contributed by atoms with Crippen molar-refractivity contribution in [2.24, 2.45) is 5.92 Å². The van der Waals surface area contributed by atoms with Crippen LogP contribution >= 0.6 is 11.3 Å². The van der Waals surface area contributed by atoms with Crippen molar-refractivity contribution in [2.45, 2.75) is 32.4 Å². The lowest BCUT2D eigenvalue weighted by atomic mass is 9.94. The van der Waals surface area contributed by atoms with Crippen LogP contribution in [-0.2, 0) is 6.54 Å². The van der Waals surface area contributed by atoms with Gasteiger partial charge in [-0.2, -0.15) is 0 Å². The van der Waals surface area contributed by atoms with E-state index < -0.39 is 0 Å². The first-order valence-electron chi connectivity index (χ1n) is 6.17. The highest BCUT2D eigenvalue weighted by molar-refractivity contribution is 7.09. The summed E-state index contributed by atoms with van der Waals surface area (Å²) in [5.41, 5.74) is 3.18. The summed E-state index contributed by atoms with van der Waals surface area (Å²) in [5.74, 6) is 0.891. The van der Waals surface area contributed by atoms with Crippen LogP contribution in [0.4, 0.5) is 0 Å². The maximum atomic E-state index is 4.33. The predicted molar refractivity (Wildman–Crippen MR) is 66.6 cm³/mol. The second-order valence-electron chi connectivity index (χ2n) is 5.02. The van der Waals surface area contributed by atoms with E-state index in [-0.39, 0.29) is 0 Å². The normalized spacial score (nSPS) is 30.6. The molecule has 0 aromatic carbocycles. The second kappa shape index (κ2) is 4.43. The number of rotatable bonds is 2. The summed E-state index contributed by atoms with van der Waals surface area (Å²) in [4.78, 5) is 8.36. The molecule has 0 spiro atoms. The number of thiazole rings is 1. The van der Waals surface area contributed by atoms with Gasteiger partial charge in [-0.1, -0.05) is 0 Å². The average Bonchev–Trinajstić information content (AvgIpc) is 2.85. The molecule has 4 heteroatoms. The summed E-state index contributed by atoms with van der Waals surface area (Å²) >= 11 is 1.80. The minimum Gasteiger partial charge on any atom is -0.312 e. The molecule has 16 heavy (non-hydrogen) atoms. The highest BCUT2D eigenvalue weighted by Gasteiger charge is 2.34. The average molecular weight is 237 g/mol. The van der Waals surface area contributed by atoms with Crippen LogP contribution in [0.5, 0.6) is 0 Å². The van der Waals surface area contributed by atoms with Crippen LogP contribution in [0.1, 0.15) is 23.4 Å². The number of nitrogens with zero attached hydrogens (tertiary/aromatic N) is 2. The van der Waals surface area contributed by atoms with Crippen molar-refractivity contribution in [2.75, 3.05) is 19.6 Å². The molecule has 3 heterocycles. The summed E-state index contributed by atoms with van der Waals surface area (Å²) in [6, 6.07) is 0.752. The molecule has 2 aliphatic heterocycles. The summed E-state index contributed by atoms with van der Waals surface area (Å²) in [5, 5.41) is 3.65. The van der Waals surface area contributed by atoms with Gasteiger partial charge in [0.1, 0.15) is 0 Å². The number of aromatic nitrogens is 1. The Morgan fingerprint density at radius 3 is 3.25 bits per heavy atom. The maximum absolute atomic E-state index is 4.33. The van der Waals surface area contributed by atoms with E-state index in [0.717, 1.165) is 18.5 Å². The van der Waals surface area contributed by atoms with Gasteiger partial charge in [0.25, 0.3) is 0 Å². The fourth-order valence-corrected chi connectivity index (χ4v) is 3.76. The molecule has 2 aliphatic rings. The Morgan fingerprint density at radius 1 is 1.56 bits per heavy atom. The molecule has 0 amide bonds. The SMILES string of the molecule is Cc1ncsc1CN1C[C@@H]2CCCN[C@@H]2C1. The number of likely N-dealkylation sites (tertiary alicyclic amines) is 1. The lowest BCUT2D eigenvalue weighted by Crippen LogP contribution is -2.40. The van der Waals surface area contributed by atoms with E-state index in [0.29, 0.717) is 0 Å². The van der Waals surface area contributed by atoms with Gasteiger partial charge >= 0.3 is 0 Å². The zero-order valence-corrected chi connectivity index (χ0v) is 10.6. The summed E-state index contributed by atoms with van der Waals surface area (Å²) < 4.78 is 0. The van der Waals surface area contributed by atoms with Gasteiger partial charge < -0.3 is 5.32 Å². The minimum absolute atomic E-state index is 0.752. The van der Waals surface area contributed by atoms with Gasteiger partial charge in [-0.05, 0) is 32.2 Å². The smallest absolute Gasteiger partial charge is 0.0798 e. The van der Waals surface area contributed by atoms with E-state index >= 15 is 0 Å². The van der Waals surface area contributed by atoms with Gasteiger partial charge in [0, 0.05) is 30.6 Å². The fraction of sp³-hybridized carbons (Fsp3) is 0.750. The van der Waals surface area contributed by atoms with Gasteiger partial charge in [0.15, 0.2) is 0 Å². The van der Waals surface area contributed by atoms with Crippen LogP contribution in [0, 0.1) is 12.8 Å². The van der Waals surface area contributed by atoms with Crippen LogP contribution < -0.4 is 5.32 Å². The van der Waals surface area contributed by atoms with Gasteiger partial charge in [0.2, 0.25) is 0 Å². The van der Waals surface area contributed by atoms with E-state index in [1.165, 1.54) is 43.0 Å². The molecular formula is C12H19N3S. The van der Waals surface area contributed by atoms with Crippen LogP contribution in [-0.4, -0.2) is 35.6 Å². The molecule has 0 aliphatic carbocycles. The Bertz CT molecular complexity index is 349. The van der Waals surface area contributed by atoms with E-state index in [1.54, 1.807) is 11.3 Å². The lowest BCUT2D eigenvalue weighted by molar-refractivity contribution is 0.314. The van der Waals surface area contributed by atoms with E-state index in [9.17, 15) is 0 Å². The zero-order valence-electron chi connectivity index (χ0n) is 9.78. The maximum Gasteiger partial charge on any atom is 0.0798 e. The Morgan fingerprint density at radius 2 is 2.50 bits per heavy atom. The predicted octanol–water partition coefficient (Wildman–Crippen LogP) is 1.64. The van der Waals surface area contributed by atoms with Gasteiger partial charge in [-0.3, -0.25) is 4.90 Å². The van der Waals surface area contributed by atoms with Crippen molar-refractivity contribution < 1.29 is 0 Å². The summed E-state index contributed by atoms with van der Waals surface area (Å²) in [6.45, 7) is 6.93. The van der Waals surface area contributed by atoms with Crippen molar-refractivity contribution in [3.8, 4) is 0 Å². The fourth-order valence-electron chi connectivity index (χ4n) is 2.95. The van der Waals surface area contributed by atoms with Crippen molar-refractivity contribution >= 4 is 11.3 Å². The molecule has 1 aromatic rings. The zero-order chi connectivity index (χ0) is 11.0. The molecule has 2 fully saturated rings. The number of aryl methyl sites for hydroxylation is 1. The molecule has 0 bridgehead atoms. The Kier molecular flexibility index (Phi) is 2.96. The molecule has 0 saturated carbocycles. The van der Waals surface area contributed by atoms with Crippen LogP contribution in [0.25, 0.3) is 0 Å². The molecule has 88 valence electrons. The Hall–Kier alpha value is -0.450. The lowest BCUT2D eigenvalue weighted by Gasteiger charge is -2.24. The monoisotopic (exact) mass is 237 g/mol. The third kappa shape index (κ3) is 2.01. The molecular weight excluding hydrogens is 218 g/mol. The van der Waals surface area contributed by atoms with E-state index in [1.807, 2.05) is 5.51 Å². The molecule has 0 radical (unpaired) electrons. The van der Waals surface area contributed by atoms with Crippen LogP contribution in [0.2, 0.25) is 0 Å². The van der Waals surface area contributed by atoms with Crippen molar-refractivity contribution in [1.29, 1.82) is 0 Å². The van der Waals surface area contributed by atoms with E-state index in [4.69, 9.17) is 0 Å². The highest BCUT2D eigenvalue weighted by atomic mass is 32.1. The quantitative estimate of drug-likeness (QED) is 0.847. The molecule has 2 saturated heterocycles. The molecule has 3 nitrogen and oxygen atoms in total. The van der Waals surface area contributed by atoms with Crippen molar-refractivity contribution in [3.05, 3.63) is 16.1 Å². The largest absolute Gasteiger partial charge is 0.312 e. The first-order valence-corrected chi connectivity index (χ1v) is 7.05. The number of hydrogen-bond acceptors (Lipinski definition) is 4. The first-order chi connectivity index (χ1) is 7.83. The molecule has 1 aromatic heterocycles. The Balaban J connectivity index is 1.63. The first kappa shape index (κ1) is 10.7. The third-order valence-electron chi connectivity index (χ3n) is 3.89. The second-order valence-corrected chi connectivity index (χ2v) is 5.96. The topological polar surface area (TPSA) is 28.2 Å². The summed E-state index contributed by atoms with van der Waals surface area (Å²) in [7, 11) is 0. The van der Waals surface area contributed by atoms with E-state index in [2.05, 4.69) is 22.1 Å². The standard InChI is InChI=1S/C12H19N3S/c1-9-12(16-8-14-9)7-15-5-10-3-2-4-13-11(10)6-15/h8,10-11,13H,2-7H2,1H3/t10-,11+/m0/s1. The van der Waals surface area contributed by atoms with Gasteiger partial charge in [-0.25, -0.2) is 4.98 Å². The third-order valence-corrected chi connectivity index (χ3v) is 4.81. The number of fused-ring (bicyclic) bond motifs is 1. The minimum atomic E-state index is 0.752. The van der Waals surface area contributed by atoms with Crippen LogP contribution in [0.3, 0.4) is 0 Å².